The van der Waals surface area contributed by atoms with Gasteiger partial charge in [0.2, 0.25) is 0 Å². The number of nitrogens with one attached hydrogen (secondary N) is 2. The molecule has 1 saturated carbocycles. The van der Waals surface area contributed by atoms with Crippen molar-refractivity contribution in [3.8, 4) is 0 Å². The number of hydrogen-bond donors (Lipinski definition) is 2. The molecule has 0 aromatic heterocycles. The number of carbonyl (C=O) groups excluding carboxylic acids is 1. The molecular weight excluding hydrogens is 426 g/mol. The van der Waals surface area contributed by atoms with Gasteiger partial charge in [-0.15, -0.1) is 0 Å². The maximum atomic E-state index is 14.7. The zero-order valence-electron chi connectivity index (χ0n) is 16.4. The lowest BCUT2D eigenvalue weighted by molar-refractivity contribution is -0.133. The van der Waals surface area contributed by atoms with E-state index in [1.54, 1.807) is 4.72 Å². The number of sulfonamides is 1. The van der Waals surface area contributed by atoms with Gasteiger partial charge >= 0.3 is 0 Å². The minimum absolute atomic E-state index is 0.0939. The Bertz CT molecular complexity index is 862. The van der Waals surface area contributed by atoms with E-state index in [0.29, 0.717) is 51.0 Å². The van der Waals surface area contributed by atoms with Gasteiger partial charge < -0.3 is 5.32 Å². The molecule has 3 rings (SSSR count). The van der Waals surface area contributed by atoms with Crippen molar-refractivity contribution in [2.75, 3.05) is 31.5 Å². The first-order valence-electron chi connectivity index (χ1n) is 9.96. The van der Waals surface area contributed by atoms with Crippen molar-refractivity contribution in [3.63, 3.8) is 0 Å². The smallest absolute Gasteiger partial charge is 0.271 e. The molecule has 1 amide bonds. The number of benzene rings is 1. The van der Waals surface area contributed by atoms with Crippen LogP contribution in [0.3, 0.4) is 0 Å². The summed E-state index contributed by atoms with van der Waals surface area (Å²) < 4.78 is 82.3. The van der Waals surface area contributed by atoms with E-state index in [9.17, 15) is 30.8 Å². The maximum Gasteiger partial charge on any atom is 0.271 e. The first kappa shape index (κ1) is 22.8. The Labute approximate surface area is 173 Å². The number of hydrogen-bond acceptors (Lipinski definition) is 5. The number of alkyl halides is 2. The number of halogens is 4. The highest BCUT2D eigenvalue weighted by molar-refractivity contribution is 7.90. The standard InChI is InChI=1S/C19H25F4N3O3S/c20-13-11-26(12-13)8-4-7-24-17-15(21)9-14(10-16(17)22)30(28,29)25-18(27)19(23)5-2-1-3-6-19/h9-10,13,24H,1-8,11-12H2,(H,25,27). The fraction of sp³-hybridized carbons (Fsp3) is 0.632. The zero-order valence-corrected chi connectivity index (χ0v) is 17.2. The van der Waals surface area contributed by atoms with E-state index in [2.05, 4.69) is 5.32 Å². The molecule has 11 heteroatoms. The second-order valence-electron chi connectivity index (χ2n) is 7.86. The summed E-state index contributed by atoms with van der Waals surface area (Å²) in [5, 5.41) is 2.56. The van der Waals surface area contributed by atoms with Crippen LogP contribution in [0.5, 0.6) is 0 Å². The van der Waals surface area contributed by atoms with Gasteiger partial charge in [0.05, 0.1) is 4.90 Å². The van der Waals surface area contributed by atoms with E-state index < -0.39 is 50.0 Å². The molecule has 6 nitrogen and oxygen atoms in total. The molecular formula is C19H25F4N3O3S. The Morgan fingerprint density at radius 3 is 2.30 bits per heavy atom. The van der Waals surface area contributed by atoms with Crippen LogP contribution in [0.15, 0.2) is 17.0 Å². The number of carbonyl (C=O) groups is 1. The summed E-state index contributed by atoms with van der Waals surface area (Å²) in [7, 11) is -4.64. The molecule has 0 unspecified atom stereocenters. The van der Waals surface area contributed by atoms with Crippen molar-refractivity contribution in [3.05, 3.63) is 23.8 Å². The van der Waals surface area contributed by atoms with Gasteiger partial charge in [0, 0.05) is 26.2 Å². The molecule has 30 heavy (non-hydrogen) atoms. The van der Waals surface area contributed by atoms with Crippen molar-refractivity contribution >= 4 is 21.6 Å². The second-order valence-corrected chi connectivity index (χ2v) is 9.54. The summed E-state index contributed by atoms with van der Waals surface area (Å²) in [6, 6.07) is 1.16. The zero-order chi connectivity index (χ0) is 21.9. The van der Waals surface area contributed by atoms with Crippen LogP contribution in [0.2, 0.25) is 0 Å². The average molecular weight is 451 g/mol. The number of rotatable bonds is 8. The average Bonchev–Trinajstić information content (AvgIpc) is 2.65. The van der Waals surface area contributed by atoms with Crippen LogP contribution in [0.4, 0.5) is 23.2 Å². The van der Waals surface area contributed by atoms with Crippen molar-refractivity contribution in [2.24, 2.45) is 0 Å². The van der Waals surface area contributed by atoms with E-state index in [1.165, 1.54) is 0 Å². The summed E-state index contributed by atoms with van der Waals surface area (Å²) >= 11 is 0. The van der Waals surface area contributed by atoms with Gasteiger partial charge in [0.1, 0.15) is 11.9 Å². The van der Waals surface area contributed by atoms with Crippen molar-refractivity contribution in [2.45, 2.75) is 55.3 Å². The highest BCUT2D eigenvalue weighted by Gasteiger charge is 2.41. The summed E-state index contributed by atoms with van der Waals surface area (Å²) in [6.07, 6.45) is 1.17. The largest absolute Gasteiger partial charge is 0.380 e. The minimum Gasteiger partial charge on any atom is -0.380 e. The van der Waals surface area contributed by atoms with Gasteiger partial charge in [-0.3, -0.25) is 9.69 Å². The third-order valence-corrected chi connectivity index (χ3v) is 6.78. The predicted molar refractivity (Wildman–Crippen MR) is 103 cm³/mol. The summed E-state index contributed by atoms with van der Waals surface area (Å²) in [5.41, 5.74) is -2.80. The SMILES string of the molecule is O=C(NS(=O)(=O)c1cc(F)c(NCCCN2CC(F)C2)c(F)c1)C1(F)CCCCC1. The monoisotopic (exact) mass is 451 g/mol. The molecule has 0 bridgehead atoms. The lowest BCUT2D eigenvalue weighted by Crippen LogP contribution is -2.48. The van der Waals surface area contributed by atoms with Crippen molar-refractivity contribution in [1.82, 2.24) is 9.62 Å². The fourth-order valence-electron chi connectivity index (χ4n) is 3.69. The highest BCUT2D eigenvalue weighted by atomic mass is 32.2. The Balaban J connectivity index is 1.62. The van der Waals surface area contributed by atoms with Crippen LogP contribution in [0, 0.1) is 11.6 Å². The van der Waals surface area contributed by atoms with Crippen LogP contribution in [-0.2, 0) is 14.8 Å². The minimum atomic E-state index is -4.64. The maximum absolute atomic E-state index is 14.7. The van der Waals surface area contributed by atoms with Crippen molar-refractivity contribution in [1.29, 1.82) is 0 Å². The lowest BCUT2D eigenvalue weighted by Gasteiger charge is -2.34. The number of anilines is 1. The normalized spacial score (nSPS) is 19.9. The Morgan fingerprint density at radius 2 is 1.73 bits per heavy atom. The molecule has 1 heterocycles. The van der Waals surface area contributed by atoms with Gasteiger partial charge in [-0.1, -0.05) is 6.42 Å². The molecule has 1 aromatic rings. The molecule has 0 atom stereocenters. The number of amides is 1. The molecule has 0 spiro atoms. The third kappa shape index (κ3) is 5.23. The van der Waals surface area contributed by atoms with Crippen LogP contribution in [0.25, 0.3) is 0 Å². The molecule has 2 aliphatic rings. The van der Waals surface area contributed by atoms with E-state index in [4.69, 9.17) is 0 Å². The van der Waals surface area contributed by atoms with Crippen LogP contribution in [-0.4, -0.2) is 57.2 Å². The molecule has 2 fully saturated rings. The van der Waals surface area contributed by atoms with Gasteiger partial charge in [0.25, 0.3) is 15.9 Å². The highest BCUT2D eigenvalue weighted by Crippen LogP contribution is 2.32. The first-order chi connectivity index (χ1) is 14.1. The van der Waals surface area contributed by atoms with Gasteiger partial charge in [-0.25, -0.2) is 30.7 Å². The lowest BCUT2D eigenvalue weighted by atomic mass is 9.86. The third-order valence-electron chi connectivity index (χ3n) is 5.47. The summed E-state index contributed by atoms with van der Waals surface area (Å²) in [4.78, 5) is 13.2. The summed E-state index contributed by atoms with van der Waals surface area (Å²) in [5.74, 6) is -3.61. The van der Waals surface area contributed by atoms with E-state index in [1.807, 2.05) is 4.90 Å². The number of likely N-dealkylation sites (tertiary alicyclic amines) is 1. The first-order valence-corrected chi connectivity index (χ1v) is 11.4. The van der Waals surface area contributed by atoms with Crippen LogP contribution >= 0.6 is 0 Å². The molecule has 1 aromatic carbocycles. The van der Waals surface area contributed by atoms with E-state index >= 15 is 0 Å². The van der Waals surface area contributed by atoms with Crippen LogP contribution < -0.4 is 10.0 Å². The molecule has 1 aliphatic carbocycles. The van der Waals surface area contributed by atoms with Crippen molar-refractivity contribution < 1.29 is 30.8 Å². The number of nitrogens with zero attached hydrogens (tertiary/aromatic N) is 1. The molecule has 1 saturated heterocycles. The molecule has 1 aliphatic heterocycles. The molecule has 0 radical (unpaired) electrons. The van der Waals surface area contributed by atoms with Gasteiger partial charge in [-0.05, 0) is 44.2 Å². The predicted octanol–water partition coefficient (Wildman–Crippen LogP) is 2.90. The molecule has 168 valence electrons. The quantitative estimate of drug-likeness (QED) is 0.470. The topological polar surface area (TPSA) is 78.5 Å². The van der Waals surface area contributed by atoms with Crippen LogP contribution in [0.1, 0.15) is 38.5 Å². The second kappa shape index (κ2) is 9.09. The summed E-state index contributed by atoms with van der Waals surface area (Å²) in [6.45, 7) is 1.47. The van der Waals surface area contributed by atoms with Gasteiger partial charge in [-0.2, -0.15) is 0 Å². The van der Waals surface area contributed by atoms with Gasteiger partial charge in [0.15, 0.2) is 17.3 Å². The Hall–Kier alpha value is -1.88. The van der Waals surface area contributed by atoms with E-state index in [-0.39, 0.29) is 19.4 Å². The van der Waals surface area contributed by atoms with E-state index in [0.717, 1.165) is 6.42 Å². The fourth-order valence-corrected chi connectivity index (χ4v) is 4.75. The Kier molecular flexibility index (Phi) is 6.91. The molecule has 2 N–H and O–H groups in total. The Morgan fingerprint density at radius 1 is 1.13 bits per heavy atom.